The van der Waals surface area contributed by atoms with E-state index in [1.165, 1.54) is 11.8 Å². The molecule has 3 heterocycles. The molecule has 3 aliphatic heterocycles. The molecular weight excluding hydrogens is 464 g/mol. The van der Waals surface area contributed by atoms with Crippen LogP contribution in [0.15, 0.2) is 30.9 Å². The molecule has 3 saturated heterocycles. The van der Waals surface area contributed by atoms with E-state index in [2.05, 4.69) is 6.58 Å². The fourth-order valence-electron chi connectivity index (χ4n) is 5.88. The van der Waals surface area contributed by atoms with E-state index in [1.54, 1.807) is 21.9 Å². The summed E-state index contributed by atoms with van der Waals surface area (Å²) in [5, 5.41) is 19.4. The second-order valence-corrected chi connectivity index (χ2v) is 11.0. The van der Waals surface area contributed by atoms with Crippen molar-refractivity contribution in [2.24, 2.45) is 11.8 Å². The van der Waals surface area contributed by atoms with Crippen LogP contribution < -0.4 is 4.90 Å². The number of amides is 2. The Labute approximate surface area is 202 Å². The quantitative estimate of drug-likeness (QED) is 0.406. The number of aliphatic hydroxyl groups excluding tert-OH is 1. The molecule has 4 rings (SSSR count). The number of hydrogen-bond donors (Lipinski definition) is 2. The molecule has 3 aliphatic rings. The maximum atomic E-state index is 14.2. The number of aliphatic carboxylic acids is 1. The minimum Gasteiger partial charge on any atom is -0.481 e. The summed E-state index contributed by atoms with van der Waals surface area (Å²) in [6, 6.07) is 4.63. The predicted octanol–water partition coefficient (Wildman–Crippen LogP) is 3.12. The fourth-order valence-corrected chi connectivity index (χ4v) is 8.41. The molecule has 2 unspecified atom stereocenters. The Bertz CT molecular complexity index is 967. The lowest BCUT2D eigenvalue weighted by molar-refractivity contribution is -0.148. The van der Waals surface area contributed by atoms with Gasteiger partial charge in [-0.3, -0.25) is 14.4 Å². The van der Waals surface area contributed by atoms with Crippen molar-refractivity contribution in [1.29, 1.82) is 0 Å². The lowest BCUT2D eigenvalue weighted by Gasteiger charge is -2.37. The minimum atomic E-state index is -0.972. The van der Waals surface area contributed by atoms with E-state index in [4.69, 9.17) is 11.6 Å². The molecule has 5 atom stereocenters. The van der Waals surface area contributed by atoms with Crippen molar-refractivity contribution in [2.45, 2.75) is 48.6 Å². The third-order valence-corrected chi connectivity index (χ3v) is 9.42. The van der Waals surface area contributed by atoms with Crippen molar-refractivity contribution in [2.75, 3.05) is 24.6 Å². The van der Waals surface area contributed by atoms with Crippen LogP contribution in [-0.4, -0.2) is 68.6 Å². The number of para-hydroxylation sites is 1. The molecule has 2 N–H and O–H groups in total. The number of aryl methyl sites for hydroxylation is 1. The van der Waals surface area contributed by atoms with Gasteiger partial charge in [-0.05, 0) is 44.2 Å². The Balaban J connectivity index is 1.79. The average Bonchev–Trinajstić information content (AvgIpc) is 3.40. The molecule has 0 aromatic heterocycles. The highest BCUT2D eigenvalue weighted by Crippen LogP contribution is 2.66. The maximum absolute atomic E-state index is 14.2. The van der Waals surface area contributed by atoms with Gasteiger partial charge in [0.2, 0.25) is 5.91 Å². The molecule has 3 fully saturated rings. The highest BCUT2D eigenvalue weighted by Gasteiger charge is 2.74. The maximum Gasteiger partial charge on any atom is 0.308 e. The molecule has 2 amide bonds. The second kappa shape index (κ2) is 9.31. The number of carbonyl (C=O) groups excluding carboxylic acids is 2. The predicted molar refractivity (Wildman–Crippen MR) is 129 cm³/mol. The Kier molecular flexibility index (Phi) is 6.80. The number of carboxylic acid groups (broad SMARTS) is 1. The van der Waals surface area contributed by atoms with Gasteiger partial charge in [-0.15, -0.1) is 18.3 Å². The van der Waals surface area contributed by atoms with Crippen molar-refractivity contribution in [3.8, 4) is 0 Å². The van der Waals surface area contributed by atoms with E-state index in [9.17, 15) is 24.6 Å². The van der Waals surface area contributed by atoms with Gasteiger partial charge in [0.15, 0.2) is 0 Å². The molecule has 0 saturated carbocycles. The van der Waals surface area contributed by atoms with Crippen LogP contribution in [0.4, 0.5) is 5.69 Å². The third-order valence-electron chi connectivity index (χ3n) is 7.16. The summed E-state index contributed by atoms with van der Waals surface area (Å²) in [7, 11) is 0. The van der Waals surface area contributed by atoms with Crippen molar-refractivity contribution in [1.82, 2.24) is 4.90 Å². The second-order valence-electron chi connectivity index (χ2n) is 9.00. The van der Waals surface area contributed by atoms with E-state index in [0.29, 0.717) is 42.9 Å². The van der Waals surface area contributed by atoms with Gasteiger partial charge in [0.25, 0.3) is 5.91 Å². The first-order valence-electron chi connectivity index (χ1n) is 11.3. The highest BCUT2D eigenvalue weighted by molar-refractivity contribution is 8.02. The zero-order chi connectivity index (χ0) is 23.9. The lowest BCUT2D eigenvalue weighted by Crippen LogP contribution is -2.55. The number of likely N-dealkylation sites (tertiary alicyclic amines) is 1. The molecule has 1 aromatic carbocycles. The number of carbonyl (C=O) groups is 3. The van der Waals surface area contributed by atoms with Gasteiger partial charge < -0.3 is 20.0 Å². The van der Waals surface area contributed by atoms with Crippen LogP contribution in [0.3, 0.4) is 0 Å². The van der Waals surface area contributed by atoms with Gasteiger partial charge in [0.1, 0.15) is 6.04 Å². The van der Waals surface area contributed by atoms with Crippen LogP contribution >= 0.6 is 23.4 Å². The molecule has 0 radical (unpaired) electrons. The Morgan fingerprint density at radius 3 is 2.79 bits per heavy atom. The van der Waals surface area contributed by atoms with Gasteiger partial charge in [0, 0.05) is 24.9 Å². The minimum absolute atomic E-state index is 0.00873. The monoisotopic (exact) mass is 492 g/mol. The average molecular weight is 493 g/mol. The number of thioether (sulfide) groups is 1. The summed E-state index contributed by atoms with van der Waals surface area (Å²) in [6.45, 7) is 6.19. The first kappa shape index (κ1) is 24.1. The van der Waals surface area contributed by atoms with E-state index in [1.807, 2.05) is 19.1 Å². The largest absolute Gasteiger partial charge is 0.481 e. The fraction of sp³-hybridized carbons (Fsp3) is 0.542. The zero-order valence-electron chi connectivity index (χ0n) is 18.6. The van der Waals surface area contributed by atoms with Crippen molar-refractivity contribution in [3.05, 3.63) is 41.4 Å². The number of benzene rings is 1. The highest BCUT2D eigenvalue weighted by atomic mass is 35.5. The summed E-state index contributed by atoms with van der Waals surface area (Å²) < 4.78 is -0.768. The first-order valence-corrected chi connectivity index (χ1v) is 12.5. The Morgan fingerprint density at radius 2 is 2.15 bits per heavy atom. The van der Waals surface area contributed by atoms with Crippen LogP contribution in [0, 0.1) is 18.8 Å². The van der Waals surface area contributed by atoms with E-state index in [0.717, 1.165) is 5.56 Å². The summed E-state index contributed by atoms with van der Waals surface area (Å²) >= 11 is 8.02. The number of nitrogens with zero attached hydrogens (tertiary/aromatic N) is 2. The molecule has 9 heteroatoms. The Hall–Kier alpha value is -2.03. The number of aliphatic hydroxyl groups is 1. The molecule has 1 aromatic rings. The van der Waals surface area contributed by atoms with E-state index >= 15 is 0 Å². The van der Waals surface area contributed by atoms with Crippen LogP contribution in [0.2, 0.25) is 5.02 Å². The summed E-state index contributed by atoms with van der Waals surface area (Å²) in [6.07, 6.45) is 3.96. The smallest absolute Gasteiger partial charge is 0.308 e. The first-order chi connectivity index (χ1) is 15.8. The molecule has 0 aliphatic carbocycles. The van der Waals surface area contributed by atoms with Gasteiger partial charge >= 0.3 is 5.97 Å². The summed E-state index contributed by atoms with van der Waals surface area (Å²) in [5.74, 6) is -3.00. The molecule has 33 heavy (non-hydrogen) atoms. The van der Waals surface area contributed by atoms with Crippen molar-refractivity contribution >= 4 is 46.8 Å². The zero-order valence-corrected chi connectivity index (χ0v) is 20.1. The SMILES string of the molecule is C=CCN(C(=O)C1N(CCCCO)C(=O)[C@@H]2[C@@H](C(=O)O)[C@H]3CCC12S3)c1c(C)cccc1Cl. The van der Waals surface area contributed by atoms with Crippen LogP contribution in [0.25, 0.3) is 0 Å². The van der Waals surface area contributed by atoms with Gasteiger partial charge in [-0.1, -0.05) is 29.8 Å². The number of fused-ring (bicyclic) bond motifs is 1. The van der Waals surface area contributed by atoms with Crippen molar-refractivity contribution in [3.63, 3.8) is 0 Å². The topological polar surface area (TPSA) is 98.2 Å². The molecule has 1 spiro atoms. The Morgan fingerprint density at radius 1 is 1.39 bits per heavy atom. The van der Waals surface area contributed by atoms with Crippen LogP contribution in [0.5, 0.6) is 0 Å². The van der Waals surface area contributed by atoms with E-state index < -0.39 is 28.6 Å². The number of unbranched alkanes of at least 4 members (excludes halogenated alkanes) is 1. The molecule has 7 nitrogen and oxygen atoms in total. The molecule has 2 bridgehead atoms. The van der Waals surface area contributed by atoms with Crippen molar-refractivity contribution < 1.29 is 24.6 Å². The van der Waals surface area contributed by atoms with E-state index in [-0.39, 0.29) is 30.2 Å². The third kappa shape index (κ3) is 3.76. The van der Waals surface area contributed by atoms with Crippen LogP contribution in [-0.2, 0) is 14.4 Å². The lowest BCUT2D eigenvalue weighted by atomic mass is 9.71. The van der Waals surface area contributed by atoms with Gasteiger partial charge in [-0.25, -0.2) is 0 Å². The number of anilines is 1. The van der Waals surface area contributed by atoms with Gasteiger partial charge in [0.05, 0.1) is 27.3 Å². The molecular formula is C24H29ClN2O5S. The standard InChI is InChI=1S/C24H29ClN2O5S/c1-3-11-26(19-14(2)7-6-8-15(19)25)22(30)20-24-10-9-16(33-24)17(23(31)32)18(24)21(29)27(20)12-4-5-13-28/h3,6-8,16-18,20,28H,1,4-5,9-13H2,2H3,(H,31,32)/t16-,17+,18+,20?,24?/m1/s1. The number of carboxylic acids is 1. The normalized spacial score (nSPS) is 29.9. The summed E-state index contributed by atoms with van der Waals surface area (Å²) in [4.78, 5) is 43.1. The van der Waals surface area contributed by atoms with Crippen LogP contribution in [0.1, 0.15) is 31.2 Å². The number of rotatable bonds is 9. The number of hydrogen-bond acceptors (Lipinski definition) is 5. The summed E-state index contributed by atoms with van der Waals surface area (Å²) in [5.41, 5.74) is 1.41. The molecule has 178 valence electrons. The van der Waals surface area contributed by atoms with Gasteiger partial charge in [-0.2, -0.15) is 0 Å². The number of halogens is 1.